The summed E-state index contributed by atoms with van der Waals surface area (Å²) in [5.41, 5.74) is 15.5. The Balaban J connectivity index is 0.000000123. The molecule has 0 aliphatic carbocycles. The molecule has 12 aromatic rings. The van der Waals surface area contributed by atoms with Crippen LogP contribution in [0.4, 0.5) is 35.9 Å². The Morgan fingerprint density at radius 1 is 0.288 bits per heavy atom. The lowest BCUT2D eigenvalue weighted by Gasteiger charge is -2.29. The number of anilines is 4. The number of carbonyl (C=O) groups excluding carboxylic acids is 4. The van der Waals surface area contributed by atoms with Crippen molar-refractivity contribution in [1.29, 1.82) is 0 Å². The molecular formula is C89H74ClF3N4O7. The monoisotopic (exact) mass is 1400 g/mol. The molecule has 4 aliphatic rings. The minimum absolute atomic E-state index is 0.00507. The number of benzene rings is 12. The van der Waals surface area contributed by atoms with Gasteiger partial charge in [0.15, 0.2) is 0 Å². The number of halogens is 4. The highest BCUT2D eigenvalue weighted by molar-refractivity contribution is 6.32. The average molecular weight is 1400 g/mol. The van der Waals surface area contributed by atoms with E-state index in [1.165, 1.54) is 35.4 Å². The van der Waals surface area contributed by atoms with E-state index in [2.05, 4.69) is 59.4 Å². The highest BCUT2D eigenvalue weighted by Crippen LogP contribution is 2.55. The largest absolute Gasteiger partial charge is 0.508 e. The topological polar surface area (TPSA) is 177 Å². The van der Waals surface area contributed by atoms with Crippen molar-refractivity contribution in [3.63, 3.8) is 0 Å². The molecular weight excluding hydrogens is 1330 g/mol. The van der Waals surface area contributed by atoms with Gasteiger partial charge in [-0.3, -0.25) is 19.2 Å². The van der Waals surface area contributed by atoms with Crippen LogP contribution in [0.25, 0.3) is 0 Å². The highest BCUT2D eigenvalue weighted by Gasteiger charge is 2.55. The van der Waals surface area contributed by atoms with Crippen molar-refractivity contribution in [3.8, 4) is 17.2 Å². The summed E-state index contributed by atoms with van der Waals surface area (Å²) in [5, 5.41) is 41.4. The normalized spacial score (nSPS) is 17.7. The minimum Gasteiger partial charge on any atom is -0.508 e. The van der Waals surface area contributed by atoms with Crippen molar-refractivity contribution in [1.82, 2.24) is 0 Å². The van der Waals surface area contributed by atoms with Crippen LogP contribution in [0.3, 0.4) is 0 Å². The van der Waals surface area contributed by atoms with Gasteiger partial charge in [-0.25, -0.2) is 0 Å². The fraction of sp³-hybridized carbons (Fsp3) is 0.146. The van der Waals surface area contributed by atoms with Crippen LogP contribution in [-0.4, -0.2) is 38.9 Å². The molecule has 4 heterocycles. The van der Waals surface area contributed by atoms with Gasteiger partial charge < -0.3 is 36.6 Å². The van der Waals surface area contributed by atoms with Crippen LogP contribution in [-0.2, 0) is 47.0 Å². The molecule has 0 bridgehead atoms. The molecule has 16 rings (SSSR count). The minimum atomic E-state index is -4.60. The third kappa shape index (κ3) is 11.9. The predicted octanol–water partition coefficient (Wildman–Crippen LogP) is 19.1. The highest BCUT2D eigenvalue weighted by atomic mass is 35.5. The molecule has 104 heavy (non-hydrogen) atoms. The van der Waals surface area contributed by atoms with Crippen LogP contribution in [0.5, 0.6) is 17.2 Å². The van der Waals surface area contributed by atoms with Crippen molar-refractivity contribution >= 4 is 58.0 Å². The molecule has 0 saturated carbocycles. The van der Waals surface area contributed by atoms with Gasteiger partial charge in [-0.05, 0) is 165 Å². The molecule has 0 spiro atoms. The first-order valence-corrected chi connectivity index (χ1v) is 34.3. The molecule has 7 N–H and O–H groups in total. The van der Waals surface area contributed by atoms with Crippen LogP contribution in [0.15, 0.2) is 261 Å². The fourth-order valence-corrected chi connectivity index (χ4v) is 15.3. The van der Waals surface area contributed by atoms with E-state index in [-0.39, 0.29) is 46.2 Å². The van der Waals surface area contributed by atoms with E-state index in [0.717, 1.165) is 107 Å². The number of aryl methyl sites for hydroxylation is 7. The second-order valence-corrected chi connectivity index (χ2v) is 27.5. The number of amides is 4. The van der Waals surface area contributed by atoms with E-state index in [4.69, 9.17) is 11.6 Å². The Bertz CT molecular complexity index is 4970. The number of hydrogen-bond acceptors (Lipinski definition) is 7. The third-order valence-corrected chi connectivity index (χ3v) is 21.0. The average Bonchev–Trinajstić information content (AvgIpc) is 1.56. The Morgan fingerprint density at radius 3 is 0.798 bits per heavy atom. The fourth-order valence-electron chi connectivity index (χ4n) is 15.1. The molecule has 0 unspecified atom stereocenters. The van der Waals surface area contributed by atoms with Crippen LogP contribution >= 0.6 is 11.6 Å². The van der Waals surface area contributed by atoms with E-state index >= 15 is 0 Å². The zero-order chi connectivity index (χ0) is 73.8. The third-order valence-electron chi connectivity index (χ3n) is 20.6. The van der Waals surface area contributed by atoms with Gasteiger partial charge in [0.2, 0.25) is 23.6 Å². The number of carbonyl (C=O) groups is 4. The van der Waals surface area contributed by atoms with Crippen LogP contribution in [0.2, 0.25) is 5.02 Å². The first kappa shape index (κ1) is 70.4. The van der Waals surface area contributed by atoms with E-state index in [1.807, 2.05) is 199 Å². The lowest BCUT2D eigenvalue weighted by molar-refractivity contribution is -0.137. The SMILES string of the molecule is Cc1ccc(C2(c3ccc(C)cc3)C(=O)Nc3c2ccc(Cl)c3C)cc1.Cc1ccc([C@@]2(c3ccc(O)cc3)C(=O)Nc3c(C(F)(F)F)cccc32)cc1.Cc1ccc([C@@]2(c3ccc(O)cc3)C(=O)Nc3c(C)cccc32)cc1.Cc1ccc([C@@]2(c3ccc(O)cc3)C(=O)Nc3c(C)cccc32)cc1. The van der Waals surface area contributed by atoms with E-state index in [1.54, 1.807) is 48.5 Å². The summed E-state index contributed by atoms with van der Waals surface area (Å²) < 4.78 is 40.6. The molecule has 520 valence electrons. The van der Waals surface area contributed by atoms with Gasteiger partial charge in [0.05, 0.1) is 16.9 Å². The Morgan fingerprint density at radius 2 is 0.519 bits per heavy atom. The molecule has 0 saturated heterocycles. The smallest absolute Gasteiger partial charge is 0.418 e. The van der Waals surface area contributed by atoms with Crippen LogP contribution in [0, 0.1) is 55.4 Å². The first-order chi connectivity index (χ1) is 49.7. The van der Waals surface area contributed by atoms with Crippen molar-refractivity contribution < 1.29 is 47.7 Å². The van der Waals surface area contributed by atoms with Crippen LogP contribution < -0.4 is 21.3 Å². The number of aromatic hydroxyl groups is 3. The van der Waals surface area contributed by atoms with E-state index in [0.29, 0.717) is 16.1 Å². The molecule has 4 amide bonds. The number of fused-ring (bicyclic) bond motifs is 4. The van der Waals surface area contributed by atoms with Gasteiger partial charge in [0.1, 0.15) is 38.9 Å². The lowest BCUT2D eigenvalue weighted by atomic mass is 9.70. The molecule has 0 aromatic heterocycles. The Labute approximate surface area is 606 Å². The quantitative estimate of drug-likeness (QED) is 0.0792. The summed E-state index contributed by atoms with van der Waals surface area (Å²) in [6, 6.07) is 79.1. The summed E-state index contributed by atoms with van der Waals surface area (Å²) >= 11 is 6.32. The van der Waals surface area contributed by atoms with Gasteiger partial charge in [0, 0.05) is 38.7 Å². The number of hydrogen-bond donors (Lipinski definition) is 7. The zero-order valence-corrected chi connectivity index (χ0v) is 59.1. The number of para-hydroxylation sites is 3. The molecule has 11 nitrogen and oxygen atoms in total. The van der Waals surface area contributed by atoms with Gasteiger partial charge >= 0.3 is 6.18 Å². The molecule has 0 radical (unpaired) electrons. The van der Waals surface area contributed by atoms with Gasteiger partial charge in [-0.1, -0.05) is 252 Å². The number of phenols is 3. The van der Waals surface area contributed by atoms with Crippen molar-refractivity contribution in [2.45, 2.75) is 83.2 Å². The summed E-state index contributed by atoms with van der Waals surface area (Å²) in [5.74, 6) is -0.348. The molecule has 0 fully saturated rings. The number of nitrogens with one attached hydrogen (secondary N) is 4. The molecule has 12 aromatic carbocycles. The summed E-state index contributed by atoms with van der Waals surface area (Å²) in [6.45, 7) is 16.0. The molecule has 4 aliphatic heterocycles. The summed E-state index contributed by atoms with van der Waals surface area (Å²) in [7, 11) is 0. The second kappa shape index (κ2) is 27.4. The van der Waals surface area contributed by atoms with Crippen LogP contribution in [0.1, 0.15) is 117 Å². The maximum Gasteiger partial charge on any atom is 0.418 e. The first-order valence-electron chi connectivity index (χ1n) is 34.0. The van der Waals surface area contributed by atoms with Gasteiger partial charge in [-0.15, -0.1) is 0 Å². The summed E-state index contributed by atoms with van der Waals surface area (Å²) in [4.78, 5) is 53.3. The Kier molecular flexibility index (Phi) is 18.6. The van der Waals surface area contributed by atoms with E-state index < -0.39 is 39.3 Å². The Hall–Kier alpha value is -12.0. The number of phenolic OH excluding ortho intramolecular Hbond substituents is 3. The van der Waals surface area contributed by atoms with Crippen molar-refractivity contribution in [2.24, 2.45) is 0 Å². The molecule has 15 heteroatoms. The summed E-state index contributed by atoms with van der Waals surface area (Å²) in [6.07, 6.45) is -4.60. The maximum atomic E-state index is 13.5. The van der Waals surface area contributed by atoms with E-state index in [9.17, 15) is 47.7 Å². The molecule has 3 atom stereocenters. The number of rotatable bonds is 8. The van der Waals surface area contributed by atoms with Gasteiger partial charge in [0.25, 0.3) is 0 Å². The lowest BCUT2D eigenvalue weighted by Crippen LogP contribution is -2.37. The number of alkyl halides is 3. The maximum absolute atomic E-state index is 13.5. The zero-order valence-electron chi connectivity index (χ0n) is 58.3. The predicted molar refractivity (Wildman–Crippen MR) is 404 cm³/mol. The standard InChI is InChI=1S/C23H20ClNO.C22H16F3NO2.2C22H19NO2/c1-14-4-8-17(9-5-14)23(18-10-6-15(2)7-11-18)19-12-13-20(24)16(3)21(19)25-22(23)26;1-13-5-7-14(8-6-13)21(15-9-11-16(27)12-10-15)17-3-2-4-18(22(23,24)25)19(17)26-20(21)28;2*1-14-6-8-16(9-7-14)22(17-10-12-18(24)13-11-17)19-5-3-4-15(2)20(19)23-21(22)25/h4-13H,1-3H3,(H,25,26);2-12,27H,1H3,(H,26,28);2*3-13,24H,1-2H3,(H,23,25)/t;21-;2*22-/m.000/s1. The van der Waals surface area contributed by atoms with Crippen molar-refractivity contribution in [2.75, 3.05) is 21.3 Å². The second-order valence-electron chi connectivity index (χ2n) is 27.1. The van der Waals surface area contributed by atoms with Gasteiger partial charge in [-0.2, -0.15) is 13.2 Å². The van der Waals surface area contributed by atoms with Crippen molar-refractivity contribution in [3.05, 3.63) is 383 Å².